The summed E-state index contributed by atoms with van der Waals surface area (Å²) in [5.74, 6) is -0.922. The zero-order chi connectivity index (χ0) is 21.8. The molecular formula is C26H25N2NaO3. The number of carbonyl (C=O) groups is 1. The Balaban J connectivity index is 0.00000193. The molecule has 0 fully saturated rings. The number of aliphatic hydroxyl groups is 1. The molecule has 3 N–H and O–H groups in total. The van der Waals surface area contributed by atoms with E-state index in [1.54, 1.807) is 36.4 Å². The molecular weight excluding hydrogens is 411 g/mol. The van der Waals surface area contributed by atoms with Crippen LogP contribution in [0.3, 0.4) is 0 Å². The van der Waals surface area contributed by atoms with Crippen molar-refractivity contribution in [2.45, 2.75) is 31.4 Å². The Labute approximate surface area is 211 Å². The Morgan fingerprint density at radius 1 is 1.06 bits per heavy atom. The van der Waals surface area contributed by atoms with E-state index >= 15 is 0 Å². The Hall–Kier alpha value is -2.46. The minimum Gasteiger partial charge on any atom is -1.00 e. The van der Waals surface area contributed by atoms with Crippen LogP contribution in [0, 0.1) is 11.3 Å². The van der Waals surface area contributed by atoms with Crippen LogP contribution in [0.25, 0.3) is 11.1 Å². The fraction of sp³-hybridized carbons (Fsp3) is 0.231. The molecule has 1 aliphatic carbocycles. The number of fused-ring (bicyclic) bond motifs is 1. The van der Waals surface area contributed by atoms with Crippen LogP contribution in [0.15, 0.2) is 66.7 Å². The zero-order valence-corrected chi connectivity index (χ0v) is 20.1. The SMILES string of the molecule is N#Cc1ccc([C@H](O)CN[C@H]2CCc3ccc(-c4ccc(C(=O)O)cc4)cc3C2)cc1.[H-].[Na+]. The third kappa shape index (κ3) is 5.66. The number of benzene rings is 3. The summed E-state index contributed by atoms with van der Waals surface area (Å²) in [6.07, 6.45) is 2.27. The van der Waals surface area contributed by atoms with E-state index in [4.69, 9.17) is 10.4 Å². The minimum absolute atomic E-state index is 0. The number of hydrogen-bond acceptors (Lipinski definition) is 4. The molecule has 0 heterocycles. The van der Waals surface area contributed by atoms with Crippen molar-refractivity contribution in [3.05, 3.63) is 94.5 Å². The molecule has 0 bridgehead atoms. The van der Waals surface area contributed by atoms with E-state index in [9.17, 15) is 9.90 Å². The normalized spacial score (nSPS) is 15.7. The van der Waals surface area contributed by atoms with Crippen molar-refractivity contribution in [3.63, 3.8) is 0 Å². The number of carboxylic acid groups (broad SMARTS) is 1. The molecule has 0 amide bonds. The van der Waals surface area contributed by atoms with Gasteiger partial charge in [0.2, 0.25) is 0 Å². The molecule has 3 aromatic carbocycles. The van der Waals surface area contributed by atoms with Crippen molar-refractivity contribution in [3.8, 4) is 17.2 Å². The summed E-state index contributed by atoms with van der Waals surface area (Å²) in [5.41, 5.74) is 6.38. The summed E-state index contributed by atoms with van der Waals surface area (Å²) in [6.45, 7) is 0.461. The maximum Gasteiger partial charge on any atom is 1.00 e. The standard InChI is InChI=1S/C26H24N2O3.Na.H/c27-15-17-1-3-20(4-2-17)25(29)16-28-24-12-11-19-7-10-22(13-23(19)14-24)18-5-8-21(9-6-18)26(30)31;;/h1-10,13,24-25,28-29H,11-12,14,16H2,(H,30,31);;/q;+1;-1/t24-,25+;;/m0../s1. The van der Waals surface area contributed by atoms with Crippen LogP contribution in [0.2, 0.25) is 0 Å². The van der Waals surface area contributed by atoms with E-state index < -0.39 is 12.1 Å². The molecule has 0 saturated heterocycles. The number of nitrogens with zero attached hydrogens (tertiary/aromatic N) is 1. The number of nitrogens with one attached hydrogen (secondary N) is 1. The van der Waals surface area contributed by atoms with Crippen molar-refractivity contribution in [2.24, 2.45) is 0 Å². The fourth-order valence-corrected chi connectivity index (χ4v) is 4.09. The minimum atomic E-state index is -0.922. The molecule has 6 heteroatoms. The molecule has 32 heavy (non-hydrogen) atoms. The van der Waals surface area contributed by atoms with Crippen LogP contribution in [-0.4, -0.2) is 28.8 Å². The molecule has 2 atom stereocenters. The van der Waals surface area contributed by atoms with E-state index in [1.165, 1.54) is 11.1 Å². The van der Waals surface area contributed by atoms with Gasteiger partial charge in [-0.3, -0.25) is 0 Å². The van der Waals surface area contributed by atoms with Crippen LogP contribution in [-0.2, 0) is 12.8 Å². The number of hydrogen-bond donors (Lipinski definition) is 3. The maximum absolute atomic E-state index is 11.1. The van der Waals surface area contributed by atoms with E-state index in [1.807, 2.05) is 12.1 Å². The monoisotopic (exact) mass is 436 g/mol. The first-order valence-corrected chi connectivity index (χ1v) is 10.4. The van der Waals surface area contributed by atoms with E-state index in [0.717, 1.165) is 36.0 Å². The summed E-state index contributed by atoms with van der Waals surface area (Å²) in [7, 11) is 0. The molecule has 1 aliphatic rings. The number of aromatic carboxylic acids is 1. The topological polar surface area (TPSA) is 93.4 Å². The summed E-state index contributed by atoms with van der Waals surface area (Å²) in [4.78, 5) is 11.1. The van der Waals surface area contributed by atoms with Gasteiger partial charge in [0.05, 0.1) is 23.3 Å². The number of carboxylic acids is 1. The van der Waals surface area contributed by atoms with Gasteiger partial charge in [0.15, 0.2) is 0 Å². The van der Waals surface area contributed by atoms with Gasteiger partial charge in [-0.05, 0) is 71.3 Å². The van der Waals surface area contributed by atoms with Gasteiger partial charge in [-0.25, -0.2) is 4.79 Å². The van der Waals surface area contributed by atoms with Crippen LogP contribution in [0.4, 0.5) is 0 Å². The summed E-state index contributed by atoms with van der Waals surface area (Å²) < 4.78 is 0. The van der Waals surface area contributed by atoms with E-state index in [2.05, 4.69) is 29.6 Å². The Morgan fingerprint density at radius 3 is 2.41 bits per heavy atom. The molecule has 0 radical (unpaired) electrons. The van der Waals surface area contributed by atoms with Gasteiger partial charge >= 0.3 is 35.5 Å². The molecule has 4 rings (SSSR count). The Bertz CT molecular complexity index is 1130. The largest absolute Gasteiger partial charge is 1.00 e. The predicted molar refractivity (Wildman–Crippen MR) is 120 cm³/mol. The molecule has 0 aliphatic heterocycles. The van der Waals surface area contributed by atoms with Crippen LogP contribution in [0.1, 0.15) is 46.6 Å². The van der Waals surface area contributed by atoms with Crippen LogP contribution < -0.4 is 34.9 Å². The second-order valence-electron chi connectivity index (χ2n) is 7.96. The second-order valence-corrected chi connectivity index (χ2v) is 7.96. The first-order valence-electron chi connectivity index (χ1n) is 10.4. The first kappa shape index (κ1) is 24.2. The Morgan fingerprint density at radius 2 is 1.75 bits per heavy atom. The number of rotatable bonds is 6. The molecule has 0 spiro atoms. The average molecular weight is 436 g/mol. The molecule has 5 nitrogen and oxygen atoms in total. The third-order valence-electron chi connectivity index (χ3n) is 5.92. The van der Waals surface area contributed by atoms with Crippen molar-refractivity contribution < 1.29 is 46.0 Å². The summed E-state index contributed by atoms with van der Waals surface area (Å²) >= 11 is 0. The zero-order valence-electron chi connectivity index (χ0n) is 19.1. The molecule has 0 saturated carbocycles. The smallest absolute Gasteiger partial charge is 1.00 e. The average Bonchev–Trinajstić information content (AvgIpc) is 2.82. The molecule has 158 valence electrons. The number of aryl methyl sites for hydroxylation is 1. The van der Waals surface area contributed by atoms with Crippen molar-refractivity contribution in [1.29, 1.82) is 5.26 Å². The van der Waals surface area contributed by atoms with Crippen molar-refractivity contribution in [1.82, 2.24) is 5.32 Å². The van der Waals surface area contributed by atoms with Gasteiger partial charge < -0.3 is 17.0 Å². The maximum atomic E-state index is 11.1. The predicted octanol–water partition coefficient (Wildman–Crippen LogP) is 1.22. The summed E-state index contributed by atoms with van der Waals surface area (Å²) in [5, 5.41) is 31.9. The van der Waals surface area contributed by atoms with Gasteiger partial charge in [-0.15, -0.1) is 0 Å². The van der Waals surface area contributed by atoms with Crippen LogP contribution >= 0.6 is 0 Å². The van der Waals surface area contributed by atoms with Gasteiger partial charge in [0.25, 0.3) is 0 Å². The molecule has 0 aromatic heterocycles. The van der Waals surface area contributed by atoms with E-state index in [-0.39, 0.29) is 42.6 Å². The second kappa shape index (κ2) is 10.9. The molecule has 3 aromatic rings. The van der Waals surface area contributed by atoms with Crippen molar-refractivity contribution in [2.75, 3.05) is 6.54 Å². The first-order chi connectivity index (χ1) is 15.0. The van der Waals surface area contributed by atoms with Gasteiger partial charge in [-0.1, -0.05) is 42.5 Å². The van der Waals surface area contributed by atoms with Gasteiger partial charge in [0.1, 0.15) is 0 Å². The number of nitriles is 1. The number of aliphatic hydroxyl groups excluding tert-OH is 1. The van der Waals surface area contributed by atoms with Crippen molar-refractivity contribution >= 4 is 5.97 Å². The fourth-order valence-electron chi connectivity index (χ4n) is 4.09. The van der Waals surface area contributed by atoms with Gasteiger partial charge in [-0.2, -0.15) is 5.26 Å². The summed E-state index contributed by atoms with van der Waals surface area (Å²) in [6, 6.07) is 22.8. The Kier molecular flexibility index (Phi) is 8.25. The molecule has 0 unspecified atom stereocenters. The van der Waals surface area contributed by atoms with Crippen LogP contribution in [0.5, 0.6) is 0 Å². The third-order valence-corrected chi connectivity index (χ3v) is 5.92. The quantitative estimate of drug-likeness (QED) is 0.506. The van der Waals surface area contributed by atoms with Gasteiger partial charge in [0, 0.05) is 12.6 Å². The van der Waals surface area contributed by atoms with E-state index in [0.29, 0.717) is 12.1 Å².